The molecule has 0 aliphatic heterocycles. The van der Waals surface area contributed by atoms with Gasteiger partial charge >= 0.3 is 5.69 Å². The monoisotopic (exact) mass is 238 g/mol. The van der Waals surface area contributed by atoms with E-state index in [0.717, 1.165) is 5.69 Å². The molecule has 2 aromatic carbocycles. The summed E-state index contributed by atoms with van der Waals surface area (Å²) in [5.41, 5.74) is 0.758. The summed E-state index contributed by atoms with van der Waals surface area (Å²) >= 11 is 0. The van der Waals surface area contributed by atoms with Crippen molar-refractivity contribution in [2.45, 2.75) is 26.3 Å². The van der Waals surface area contributed by atoms with Crippen LogP contribution in [0.4, 0.5) is 5.69 Å². The molecule has 0 atom stereocenters. The van der Waals surface area contributed by atoms with Crippen molar-refractivity contribution in [1.29, 1.82) is 0 Å². The van der Waals surface area contributed by atoms with Gasteiger partial charge in [0.05, 0.1) is 0 Å². The molecule has 0 N–H and O–H groups in total. The fourth-order valence-electron chi connectivity index (χ4n) is 1.26. The molecule has 2 aromatic rings. The summed E-state index contributed by atoms with van der Waals surface area (Å²) in [4.78, 5) is 7.14. The molecule has 0 unspecified atom stereocenters. The molecule has 0 amide bonds. The van der Waals surface area contributed by atoms with Crippen LogP contribution in [0.15, 0.2) is 42.5 Å². The molecule has 0 bridgehead atoms. The molecule has 0 aliphatic rings. The van der Waals surface area contributed by atoms with Crippen molar-refractivity contribution in [2.75, 3.05) is 0 Å². The Morgan fingerprint density at radius 2 is 1.44 bits per heavy atom. The van der Waals surface area contributed by atoms with Gasteiger partial charge in [-0.05, 0) is 21.7 Å². The Morgan fingerprint density at radius 1 is 0.889 bits per heavy atom. The summed E-state index contributed by atoms with van der Waals surface area (Å²) in [6, 6.07) is 14.0. The van der Waals surface area contributed by atoms with Crippen molar-refractivity contribution in [3.8, 4) is 13.1 Å². The number of rotatable bonds is 0. The van der Waals surface area contributed by atoms with Gasteiger partial charge in [0, 0.05) is 32.9 Å². The molecular weight excluding hydrogens is 220 g/mol. The molecule has 90 valence electrons. The van der Waals surface area contributed by atoms with Crippen LogP contribution in [0.25, 0.3) is 20.5 Å². The Balaban J connectivity index is 0.000000232. The lowest BCUT2D eigenvalue weighted by atomic mass is 10.1. The Morgan fingerprint density at radius 3 is 1.94 bits per heavy atom. The fourth-order valence-corrected chi connectivity index (χ4v) is 1.26. The van der Waals surface area contributed by atoms with Crippen LogP contribution in [0.1, 0.15) is 20.8 Å². The average molecular weight is 238 g/mol. The van der Waals surface area contributed by atoms with Gasteiger partial charge in [-0.25, -0.2) is 0 Å². The van der Waals surface area contributed by atoms with Crippen molar-refractivity contribution in [1.82, 2.24) is 0 Å². The normalized spacial score (nSPS) is 9.83. The highest BCUT2D eigenvalue weighted by Crippen LogP contribution is 2.20. The smallest absolute Gasteiger partial charge is 0.0813 e. The summed E-state index contributed by atoms with van der Waals surface area (Å²) in [5.74, 6) is 0. The second kappa shape index (κ2) is 5.84. The minimum atomic E-state index is -0.0556. The van der Waals surface area contributed by atoms with Gasteiger partial charge in [-0.15, -0.1) is 0 Å². The number of hydrogen-bond donors (Lipinski definition) is 0. The predicted octanol–water partition coefficient (Wildman–Crippen LogP) is 5.18. The Hall–Kier alpha value is -2.32. The molecule has 0 radical (unpaired) electrons. The van der Waals surface area contributed by atoms with Gasteiger partial charge in [0.25, 0.3) is 18.7 Å². The first kappa shape index (κ1) is 13.7. The summed E-state index contributed by atoms with van der Waals surface area (Å²) in [6.45, 7) is 16.0. The van der Waals surface area contributed by atoms with Crippen LogP contribution >= 0.6 is 0 Å². The second-order valence-electron chi connectivity index (χ2n) is 4.96. The predicted molar refractivity (Wildman–Crippen MR) is 80.0 cm³/mol. The van der Waals surface area contributed by atoms with Gasteiger partial charge in [-0.2, -0.15) is 0 Å². The first-order valence-electron chi connectivity index (χ1n) is 5.78. The van der Waals surface area contributed by atoms with Gasteiger partial charge < -0.3 is 0 Å². The summed E-state index contributed by atoms with van der Waals surface area (Å²) in [5, 5.41) is 2.38. The zero-order valence-electron chi connectivity index (χ0n) is 11.1. The standard InChI is InChI=1S/C11H8N.C5H10N/c1-12-11-7-6-9-4-2-3-5-10(9)8-11;1-5(2,3)6-4/h1-8H;4H,1-3H3/q2*+1. The maximum absolute atomic E-state index is 5.17. The van der Waals surface area contributed by atoms with E-state index in [0.29, 0.717) is 0 Å². The first-order chi connectivity index (χ1) is 8.46. The van der Waals surface area contributed by atoms with E-state index in [9.17, 15) is 0 Å². The molecule has 0 aliphatic carbocycles. The molecule has 2 heteroatoms. The zero-order chi connectivity index (χ0) is 13.6. The van der Waals surface area contributed by atoms with E-state index in [1.54, 1.807) is 0 Å². The van der Waals surface area contributed by atoms with E-state index in [1.807, 2.05) is 57.2 Å². The van der Waals surface area contributed by atoms with Gasteiger partial charge in [0.2, 0.25) is 0 Å². The molecular formula is C16H18N2+2. The van der Waals surface area contributed by atoms with Crippen molar-refractivity contribution in [3.63, 3.8) is 0 Å². The van der Waals surface area contributed by atoms with Crippen molar-refractivity contribution >= 4 is 16.5 Å². The minimum Gasteiger partial charge on any atom is -0.0813 e. The van der Waals surface area contributed by atoms with Crippen molar-refractivity contribution in [3.05, 3.63) is 52.2 Å². The topological polar surface area (TPSA) is 8.72 Å². The van der Waals surface area contributed by atoms with E-state index < -0.39 is 0 Å². The van der Waals surface area contributed by atoms with Crippen LogP contribution in [0, 0.1) is 13.1 Å². The van der Waals surface area contributed by atoms with E-state index in [2.05, 4.69) is 15.8 Å². The van der Waals surface area contributed by atoms with Crippen molar-refractivity contribution < 1.29 is 0 Å². The molecule has 0 heterocycles. The maximum Gasteiger partial charge on any atom is 0.340 e. The fraction of sp³-hybridized carbons (Fsp3) is 0.250. The molecule has 0 saturated carbocycles. The quantitative estimate of drug-likeness (QED) is 0.597. The van der Waals surface area contributed by atoms with Gasteiger partial charge in [-0.1, -0.05) is 29.1 Å². The third-order valence-corrected chi connectivity index (χ3v) is 2.27. The van der Waals surface area contributed by atoms with E-state index in [1.165, 1.54) is 10.8 Å². The maximum atomic E-state index is 5.17. The lowest BCUT2D eigenvalue weighted by molar-refractivity contribution is 0.690. The highest BCUT2D eigenvalue weighted by Gasteiger charge is 2.16. The minimum absolute atomic E-state index is 0.0556. The summed E-state index contributed by atoms with van der Waals surface area (Å²) < 4.78 is 0. The Bertz CT molecular complexity index is 607. The van der Waals surface area contributed by atoms with Crippen LogP contribution < -0.4 is 0 Å². The Kier molecular flexibility index (Phi) is 4.46. The van der Waals surface area contributed by atoms with Crippen LogP contribution in [0.5, 0.6) is 0 Å². The van der Waals surface area contributed by atoms with Crippen LogP contribution in [0.3, 0.4) is 0 Å². The van der Waals surface area contributed by atoms with Crippen LogP contribution in [-0.4, -0.2) is 5.54 Å². The summed E-state index contributed by atoms with van der Waals surface area (Å²) in [6.07, 6.45) is 0. The molecule has 0 saturated heterocycles. The molecule has 2 nitrogen and oxygen atoms in total. The van der Waals surface area contributed by atoms with Gasteiger partial charge in [-0.3, -0.25) is 0 Å². The third-order valence-electron chi connectivity index (χ3n) is 2.27. The summed E-state index contributed by atoms with van der Waals surface area (Å²) in [7, 11) is 0. The average Bonchev–Trinajstić information content (AvgIpc) is 2.38. The first-order valence-corrected chi connectivity index (χ1v) is 5.78. The lowest BCUT2D eigenvalue weighted by Crippen LogP contribution is -2.04. The second-order valence-corrected chi connectivity index (χ2v) is 4.96. The number of hydrogen-bond acceptors (Lipinski definition) is 0. The largest absolute Gasteiger partial charge is 0.340 e. The number of fused-ring (bicyclic) bond motifs is 1. The molecule has 0 aromatic heterocycles. The van der Waals surface area contributed by atoms with E-state index in [4.69, 9.17) is 13.1 Å². The number of benzene rings is 2. The molecule has 0 spiro atoms. The van der Waals surface area contributed by atoms with Crippen LogP contribution in [-0.2, 0) is 0 Å². The highest BCUT2D eigenvalue weighted by molar-refractivity contribution is 5.85. The molecule has 2 rings (SSSR count). The third kappa shape index (κ3) is 4.28. The Labute approximate surface area is 109 Å². The molecule has 0 fully saturated rings. The lowest BCUT2D eigenvalue weighted by Gasteiger charge is -1.91. The van der Waals surface area contributed by atoms with Gasteiger partial charge in [0.1, 0.15) is 0 Å². The van der Waals surface area contributed by atoms with E-state index in [-0.39, 0.29) is 5.54 Å². The van der Waals surface area contributed by atoms with Crippen molar-refractivity contribution in [2.24, 2.45) is 0 Å². The highest BCUT2D eigenvalue weighted by atomic mass is 14.7. The zero-order valence-corrected chi connectivity index (χ0v) is 11.1. The SMILES string of the molecule is C#[N+]C(C)(C)C.C#[N+]c1ccc2ccccc2c1. The van der Waals surface area contributed by atoms with E-state index >= 15 is 0 Å². The van der Waals surface area contributed by atoms with Gasteiger partial charge in [0.15, 0.2) is 0 Å². The van der Waals surface area contributed by atoms with Crippen LogP contribution in [0.2, 0.25) is 0 Å². The molecule has 18 heavy (non-hydrogen) atoms. The number of nitrogens with zero attached hydrogens (tertiary/aromatic N) is 2.